The lowest BCUT2D eigenvalue weighted by molar-refractivity contribution is -0.154. The minimum absolute atomic E-state index is 0.186. The predicted octanol–water partition coefficient (Wildman–Crippen LogP) is 11.3. The first-order valence-electron chi connectivity index (χ1n) is 17.9. The van der Waals surface area contributed by atoms with Gasteiger partial charge in [0, 0.05) is 13.0 Å². The molecule has 1 N–H and O–H groups in total. The van der Waals surface area contributed by atoms with Crippen molar-refractivity contribution in [2.75, 3.05) is 19.8 Å². The number of unbranched alkanes of at least 4 members (excludes halogenated alkanes) is 14. The van der Waals surface area contributed by atoms with Crippen LogP contribution in [0.1, 0.15) is 155 Å². The first-order valence-corrected chi connectivity index (χ1v) is 17.9. The summed E-state index contributed by atoms with van der Waals surface area (Å²) in [7, 11) is 0. The van der Waals surface area contributed by atoms with E-state index >= 15 is 0 Å². The number of allylic oxidation sites excluding steroid dienone is 10. The van der Waals surface area contributed by atoms with Crippen LogP contribution in [0.25, 0.3) is 0 Å². The molecule has 0 heterocycles. The Labute approximate surface area is 266 Å². The van der Waals surface area contributed by atoms with Gasteiger partial charge in [0.1, 0.15) is 6.10 Å². The van der Waals surface area contributed by atoms with E-state index in [1.807, 2.05) is 0 Å². The molecule has 0 radical (unpaired) electrons. The zero-order valence-electron chi connectivity index (χ0n) is 28.2. The first-order chi connectivity index (χ1) is 21.2. The third-order valence-corrected chi connectivity index (χ3v) is 7.36. The Morgan fingerprint density at radius 3 is 1.56 bits per heavy atom. The van der Waals surface area contributed by atoms with Crippen LogP contribution in [-0.2, 0) is 14.3 Å². The molecule has 4 heteroatoms. The van der Waals surface area contributed by atoms with Gasteiger partial charge in [0.15, 0.2) is 0 Å². The Balaban J connectivity index is 3.56. The molecule has 0 bridgehead atoms. The van der Waals surface area contributed by atoms with Crippen molar-refractivity contribution in [3.05, 3.63) is 60.8 Å². The highest BCUT2D eigenvalue weighted by molar-refractivity contribution is 5.69. The molecule has 0 rings (SSSR count). The topological polar surface area (TPSA) is 55.8 Å². The van der Waals surface area contributed by atoms with E-state index in [0.717, 1.165) is 64.2 Å². The molecule has 0 aromatic carbocycles. The average molecular weight is 601 g/mol. The lowest BCUT2D eigenvalue weighted by Gasteiger charge is -2.15. The Kier molecular flexibility index (Phi) is 34.7. The van der Waals surface area contributed by atoms with Crippen LogP contribution in [-0.4, -0.2) is 37.0 Å². The summed E-state index contributed by atoms with van der Waals surface area (Å²) in [6.07, 6.45) is 46.8. The van der Waals surface area contributed by atoms with Crippen LogP contribution in [0.15, 0.2) is 60.8 Å². The standard InChI is InChI=1S/C39H68O4/c1-3-5-7-9-11-13-15-17-18-19-20-21-22-23-24-26-28-30-32-34-39(41)43-38(36-40)37-42-35-33-31-29-27-25-16-14-12-10-8-6-4-2/h5,7,11,13,17-18,20-21,23-24,38,40H,3-4,6,8-10,12,14-16,19,22,25-37H2,1-2H3/b7-5-,13-11-,18-17-,21-20-,24-23-. The molecule has 4 nitrogen and oxygen atoms in total. The third kappa shape index (κ3) is 34.4. The average Bonchev–Trinajstić information content (AvgIpc) is 3.01. The van der Waals surface area contributed by atoms with Gasteiger partial charge in [0.2, 0.25) is 0 Å². The molecule has 0 saturated carbocycles. The summed E-state index contributed by atoms with van der Waals surface area (Å²) in [4.78, 5) is 12.1. The van der Waals surface area contributed by atoms with E-state index in [1.165, 1.54) is 70.6 Å². The van der Waals surface area contributed by atoms with E-state index in [9.17, 15) is 9.90 Å². The van der Waals surface area contributed by atoms with Crippen LogP contribution in [0.4, 0.5) is 0 Å². The summed E-state index contributed by atoms with van der Waals surface area (Å²) in [6, 6.07) is 0. The van der Waals surface area contributed by atoms with Crippen molar-refractivity contribution >= 4 is 5.97 Å². The van der Waals surface area contributed by atoms with Crippen LogP contribution in [0, 0.1) is 0 Å². The maximum atomic E-state index is 12.1. The lowest BCUT2D eigenvalue weighted by Crippen LogP contribution is -2.27. The van der Waals surface area contributed by atoms with Crippen LogP contribution >= 0.6 is 0 Å². The van der Waals surface area contributed by atoms with Gasteiger partial charge in [-0.05, 0) is 57.8 Å². The van der Waals surface area contributed by atoms with Gasteiger partial charge in [-0.1, -0.05) is 152 Å². The van der Waals surface area contributed by atoms with Crippen molar-refractivity contribution in [3.63, 3.8) is 0 Å². The molecule has 0 aliphatic heterocycles. The third-order valence-electron chi connectivity index (χ3n) is 7.36. The highest BCUT2D eigenvalue weighted by Gasteiger charge is 2.13. The highest BCUT2D eigenvalue weighted by atomic mass is 16.6. The minimum atomic E-state index is -0.550. The van der Waals surface area contributed by atoms with Crippen molar-refractivity contribution in [2.24, 2.45) is 0 Å². The Morgan fingerprint density at radius 2 is 1.05 bits per heavy atom. The number of hydrogen-bond donors (Lipinski definition) is 1. The van der Waals surface area contributed by atoms with Gasteiger partial charge in [0.05, 0.1) is 13.2 Å². The molecule has 0 amide bonds. The molecule has 0 saturated heterocycles. The Bertz CT molecular complexity index is 719. The zero-order chi connectivity index (χ0) is 31.3. The second-order valence-corrected chi connectivity index (χ2v) is 11.6. The van der Waals surface area contributed by atoms with Gasteiger partial charge in [-0.25, -0.2) is 0 Å². The van der Waals surface area contributed by atoms with Gasteiger partial charge >= 0.3 is 5.97 Å². The molecule has 1 unspecified atom stereocenters. The predicted molar refractivity (Wildman–Crippen MR) is 186 cm³/mol. The van der Waals surface area contributed by atoms with Crippen molar-refractivity contribution in [2.45, 2.75) is 161 Å². The maximum absolute atomic E-state index is 12.1. The Morgan fingerprint density at radius 1 is 0.581 bits per heavy atom. The number of aliphatic hydroxyl groups excluding tert-OH is 1. The molecular formula is C39H68O4. The van der Waals surface area contributed by atoms with Crippen molar-refractivity contribution in [3.8, 4) is 0 Å². The molecule has 0 aliphatic carbocycles. The molecule has 248 valence electrons. The fourth-order valence-corrected chi connectivity index (χ4v) is 4.71. The number of carbonyl (C=O) groups is 1. The van der Waals surface area contributed by atoms with Crippen LogP contribution in [0.5, 0.6) is 0 Å². The van der Waals surface area contributed by atoms with E-state index in [2.05, 4.69) is 74.6 Å². The van der Waals surface area contributed by atoms with E-state index in [4.69, 9.17) is 9.47 Å². The van der Waals surface area contributed by atoms with Crippen LogP contribution in [0.3, 0.4) is 0 Å². The summed E-state index contributed by atoms with van der Waals surface area (Å²) >= 11 is 0. The number of carbonyl (C=O) groups excluding carboxylic acids is 1. The molecule has 0 spiro atoms. The Hall–Kier alpha value is -1.91. The number of rotatable bonds is 32. The van der Waals surface area contributed by atoms with Crippen molar-refractivity contribution in [1.29, 1.82) is 0 Å². The molecule has 43 heavy (non-hydrogen) atoms. The number of ether oxygens (including phenoxy) is 2. The summed E-state index contributed by atoms with van der Waals surface area (Å²) in [5.41, 5.74) is 0. The molecule has 0 fully saturated rings. The largest absolute Gasteiger partial charge is 0.457 e. The fourth-order valence-electron chi connectivity index (χ4n) is 4.71. The smallest absolute Gasteiger partial charge is 0.306 e. The van der Waals surface area contributed by atoms with E-state index in [0.29, 0.717) is 13.0 Å². The first kappa shape index (κ1) is 41.1. The quantitative estimate of drug-likeness (QED) is 0.0474. The van der Waals surface area contributed by atoms with Gasteiger partial charge < -0.3 is 14.6 Å². The fraction of sp³-hybridized carbons (Fsp3) is 0.718. The minimum Gasteiger partial charge on any atom is -0.457 e. The normalized spacial score (nSPS) is 13.1. The van der Waals surface area contributed by atoms with Gasteiger partial charge in [-0.15, -0.1) is 0 Å². The summed E-state index contributed by atoms with van der Waals surface area (Å²) < 4.78 is 11.1. The molecule has 1 atom stereocenters. The van der Waals surface area contributed by atoms with E-state index in [1.54, 1.807) is 0 Å². The van der Waals surface area contributed by atoms with Crippen molar-refractivity contribution in [1.82, 2.24) is 0 Å². The molecule has 0 aromatic rings. The van der Waals surface area contributed by atoms with E-state index in [-0.39, 0.29) is 19.2 Å². The number of aliphatic hydroxyl groups is 1. The molecular weight excluding hydrogens is 532 g/mol. The summed E-state index contributed by atoms with van der Waals surface area (Å²) in [6.45, 7) is 5.19. The summed E-state index contributed by atoms with van der Waals surface area (Å²) in [5.74, 6) is -0.233. The molecule has 0 aromatic heterocycles. The van der Waals surface area contributed by atoms with E-state index < -0.39 is 6.10 Å². The van der Waals surface area contributed by atoms with Crippen LogP contribution in [0.2, 0.25) is 0 Å². The monoisotopic (exact) mass is 601 g/mol. The lowest BCUT2D eigenvalue weighted by atomic mass is 10.1. The zero-order valence-corrected chi connectivity index (χ0v) is 28.2. The van der Waals surface area contributed by atoms with Gasteiger partial charge in [-0.3, -0.25) is 4.79 Å². The molecule has 0 aliphatic rings. The number of esters is 1. The number of hydrogen-bond acceptors (Lipinski definition) is 4. The maximum Gasteiger partial charge on any atom is 0.306 e. The van der Waals surface area contributed by atoms with Gasteiger partial charge in [-0.2, -0.15) is 0 Å². The second kappa shape index (κ2) is 36.3. The highest BCUT2D eigenvalue weighted by Crippen LogP contribution is 2.12. The van der Waals surface area contributed by atoms with Crippen molar-refractivity contribution < 1.29 is 19.4 Å². The van der Waals surface area contributed by atoms with Crippen LogP contribution < -0.4 is 0 Å². The van der Waals surface area contributed by atoms with Gasteiger partial charge in [0.25, 0.3) is 0 Å². The summed E-state index contributed by atoms with van der Waals surface area (Å²) in [5, 5.41) is 9.54. The second-order valence-electron chi connectivity index (χ2n) is 11.6. The SMILES string of the molecule is CC/C=C\C/C=C\C/C=C\C/C=C\C/C=C\CCCCCC(=O)OC(CO)COCCCCCCCCCCCCCC.